The smallest absolute Gasteiger partial charge is 0.475 e. The fourth-order valence-electron chi connectivity index (χ4n) is 3.12. The largest absolute Gasteiger partial charge is 0.490 e. The summed E-state index contributed by atoms with van der Waals surface area (Å²) in [4.78, 5) is 11.6. The number of likely N-dealkylation sites (tertiary alicyclic amines) is 1. The highest BCUT2D eigenvalue weighted by atomic mass is 32.2. The Morgan fingerprint density at radius 1 is 1.19 bits per heavy atom. The summed E-state index contributed by atoms with van der Waals surface area (Å²) in [6, 6.07) is 1.38. The number of aliphatic carboxylic acids is 1. The summed E-state index contributed by atoms with van der Waals surface area (Å²) in [5, 5.41) is 15.9. The summed E-state index contributed by atoms with van der Waals surface area (Å²) < 4.78 is 33.8. The van der Waals surface area contributed by atoms with Crippen molar-refractivity contribution in [1.82, 2.24) is 19.9 Å². The van der Waals surface area contributed by atoms with Crippen LogP contribution >= 0.6 is 11.8 Å². The van der Waals surface area contributed by atoms with E-state index in [1.54, 1.807) is 0 Å². The molecule has 0 aliphatic carbocycles. The molecule has 0 radical (unpaired) electrons. The summed E-state index contributed by atoms with van der Waals surface area (Å²) >= 11 is 2.11. The standard InChI is InChI=1S/C15H26N4S.C2HF3O2/c1-15(2,3)14-10-19(17-16-14)12-4-7-18(8-5-12)13-6-9-20-11-13;3-2(4,5)1(6)7/h10,12-13H,4-9,11H2,1-3H3;(H,6,7). The first-order chi connectivity index (χ1) is 12.5. The molecule has 154 valence electrons. The molecule has 10 heteroatoms. The normalized spacial score (nSPS) is 22.4. The van der Waals surface area contributed by atoms with Crippen LogP contribution in [0.5, 0.6) is 0 Å². The molecule has 0 saturated carbocycles. The second kappa shape index (κ2) is 8.81. The molecule has 0 spiro atoms. The molecule has 2 fully saturated rings. The molecule has 0 aromatic carbocycles. The van der Waals surface area contributed by atoms with Crippen LogP contribution < -0.4 is 0 Å². The third-order valence-corrected chi connectivity index (χ3v) is 5.96. The molecular weight excluding hydrogens is 381 g/mol. The van der Waals surface area contributed by atoms with E-state index >= 15 is 0 Å². The number of carboxylic acids is 1. The molecule has 1 atom stereocenters. The number of alkyl halides is 3. The lowest BCUT2D eigenvalue weighted by Crippen LogP contribution is -2.42. The second-order valence-corrected chi connectivity index (χ2v) is 9.07. The van der Waals surface area contributed by atoms with E-state index in [0.717, 1.165) is 11.7 Å². The van der Waals surface area contributed by atoms with Gasteiger partial charge in [-0.15, -0.1) is 5.10 Å². The highest BCUT2D eigenvalue weighted by Gasteiger charge is 2.38. The molecule has 1 aromatic heterocycles. The van der Waals surface area contributed by atoms with Crippen LogP contribution in [0.25, 0.3) is 0 Å². The zero-order chi connectivity index (χ0) is 20.2. The van der Waals surface area contributed by atoms with E-state index in [4.69, 9.17) is 9.90 Å². The van der Waals surface area contributed by atoms with Crippen LogP contribution in [0.4, 0.5) is 13.2 Å². The van der Waals surface area contributed by atoms with Crippen molar-refractivity contribution in [1.29, 1.82) is 0 Å². The van der Waals surface area contributed by atoms with E-state index in [9.17, 15) is 13.2 Å². The van der Waals surface area contributed by atoms with E-state index in [1.807, 2.05) is 0 Å². The monoisotopic (exact) mass is 408 g/mol. The van der Waals surface area contributed by atoms with Gasteiger partial charge in [0.15, 0.2) is 0 Å². The molecule has 2 saturated heterocycles. The van der Waals surface area contributed by atoms with Crippen LogP contribution in [-0.2, 0) is 10.2 Å². The fourth-order valence-corrected chi connectivity index (χ4v) is 4.38. The molecule has 3 rings (SSSR count). The molecule has 6 nitrogen and oxygen atoms in total. The van der Waals surface area contributed by atoms with Crippen molar-refractivity contribution in [3.8, 4) is 0 Å². The minimum atomic E-state index is -5.08. The third kappa shape index (κ3) is 6.38. The summed E-state index contributed by atoms with van der Waals surface area (Å²) in [5.74, 6) is -0.0716. The number of rotatable bonds is 2. The number of hydrogen-bond donors (Lipinski definition) is 1. The number of carbonyl (C=O) groups is 1. The first-order valence-corrected chi connectivity index (χ1v) is 10.2. The minimum Gasteiger partial charge on any atom is -0.475 e. The van der Waals surface area contributed by atoms with Crippen molar-refractivity contribution in [2.45, 2.75) is 63.7 Å². The van der Waals surface area contributed by atoms with E-state index in [-0.39, 0.29) is 5.41 Å². The molecule has 2 aliphatic heterocycles. The summed E-state index contributed by atoms with van der Waals surface area (Å²) in [5.41, 5.74) is 1.20. The van der Waals surface area contributed by atoms with Gasteiger partial charge in [-0.2, -0.15) is 24.9 Å². The van der Waals surface area contributed by atoms with Gasteiger partial charge in [-0.3, -0.25) is 4.90 Å². The van der Waals surface area contributed by atoms with Crippen LogP contribution in [0.15, 0.2) is 6.20 Å². The van der Waals surface area contributed by atoms with Crippen LogP contribution in [0.3, 0.4) is 0 Å². The SMILES string of the molecule is CC(C)(C)c1cn(C2CCN(C3CCSC3)CC2)nn1.O=C(O)C(F)(F)F. The van der Waals surface area contributed by atoms with Crippen molar-refractivity contribution in [2.24, 2.45) is 0 Å². The maximum absolute atomic E-state index is 10.6. The quantitative estimate of drug-likeness (QED) is 0.809. The lowest BCUT2D eigenvalue weighted by atomic mass is 9.93. The van der Waals surface area contributed by atoms with Gasteiger partial charge in [-0.1, -0.05) is 26.0 Å². The van der Waals surface area contributed by atoms with Crippen LogP contribution in [0.2, 0.25) is 0 Å². The number of halogens is 3. The number of hydrogen-bond acceptors (Lipinski definition) is 5. The Hall–Kier alpha value is -1.29. The number of piperidine rings is 1. The van der Waals surface area contributed by atoms with Crippen molar-refractivity contribution in [3.63, 3.8) is 0 Å². The zero-order valence-corrected chi connectivity index (χ0v) is 16.7. The summed E-state index contributed by atoms with van der Waals surface area (Å²) in [6.07, 6.45) is 0.890. The molecule has 0 amide bonds. The highest BCUT2D eigenvalue weighted by Crippen LogP contribution is 2.29. The molecule has 1 N–H and O–H groups in total. The van der Waals surface area contributed by atoms with Gasteiger partial charge in [-0.05, 0) is 25.0 Å². The van der Waals surface area contributed by atoms with Gasteiger partial charge >= 0.3 is 12.1 Å². The molecule has 1 aromatic rings. The minimum absolute atomic E-state index is 0.0972. The van der Waals surface area contributed by atoms with Gasteiger partial charge < -0.3 is 5.11 Å². The second-order valence-electron chi connectivity index (χ2n) is 7.92. The van der Waals surface area contributed by atoms with Gasteiger partial charge in [-0.25, -0.2) is 9.48 Å². The number of thioether (sulfide) groups is 1. The number of aromatic nitrogens is 3. The molecule has 2 aliphatic rings. The average molecular weight is 408 g/mol. The molecular formula is C17H27F3N4O2S. The predicted octanol–water partition coefficient (Wildman–Crippen LogP) is 3.35. The zero-order valence-electron chi connectivity index (χ0n) is 15.9. The van der Waals surface area contributed by atoms with Gasteiger partial charge in [0.05, 0.1) is 11.7 Å². The maximum Gasteiger partial charge on any atom is 0.490 e. The fraction of sp³-hybridized carbons (Fsp3) is 0.824. The van der Waals surface area contributed by atoms with E-state index < -0.39 is 12.1 Å². The Balaban J connectivity index is 0.000000321. The van der Waals surface area contributed by atoms with Crippen LogP contribution in [0.1, 0.15) is 51.8 Å². The van der Waals surface area contributed by atoms with Crippen LogP contribution in [0, 0.1) is 0 Å². The highest BCUT2D eigenvalue weighted by molar-refractivity contribution is 7.99. The maximum atomic E-state index is 10.6. The van der Waals surface area contributed by atoms with E-state index in [0.29, 0.717) is 6.04 Å². The molecule has 3 heterocycles. The lowest BCUT2D eigenvalue weighted by molar-refractivity contribution is -0.192. The van der Waals surface area contributed by atoms with Crippen LogP contribution in [-0.4, -0.2) is 67.8 Å². The van der Waals surface area contributed by atoms with E-state index in [1.165, 1.54) is 43.9 Å². The van der Waals surface area contributed by atoms with Gasteiger partial charge in [0, 0.05) is 36.5 Å². The third-order valence-electron chi connectivity index (χ3n) is 4.82. The Bertz CT molecular complexity index is 616. The van der Waals surface area contributed by atoms with Crippen molar-refractivity contribution in [3.05, 3.63) is 11.9 Å². The summed E-state index contributed by atoms with van der Waals surface area (Å²) in [7, 11) is 0. The molecule has 27 heavy (non-hydrogen) atoms. The Labute approximate surface area is 161 Å². The van der Waals surface area contributed by atoms with E-state index in [2.05, 4.69) is 58.6 Å². The summed E-state index contributed by atoms with van der Waals surface area (Å²) in [6.45, 7) is 9.03. The van der Waals surface area contributed by atoms with Crippen molar-refractivity contribution in [2.75, 3.05) is 24.6 Å². The van der Waals surface area contributed by atoms with Crippen molar-refractivity contribution >= 4 is 17.7 Å². The lowest BCUT2D eigenvalue weighted by Gasteiger charge is -2.35. The van der Waals surface area contributed by atoms with Gasteiger partial charge in [0.25, 0.3) is 0 Å². The topological polar surface area (TPSA) is 71.2 Å². The molecule has 0 bridgehead atoms. The Morgan fingerprint density at radius 2 is 1.78 bits per heavy atom. The Kier molecular flexibility index (Phi) is 7.18. The Morgan fingerprint density at radius 3 is 2.19 bits per heavy atom. The number of nitrogens with zero attached hydrogens (tertiary/aromatic N) is 4. The molecule has 1 unspecified atom stereocenters. The van der Waals surface area contributed by atoms with Gasteiger partial charge in [0.1, 0.15) is 0 Å². The number of carboxylic acid groups (broad SMARTS) is 1. The predicted molar refractivity (Wildman–Crippen MR) is 98.0 cm³/mol. The first kappa shape index (κ1) is 22.0. The van der Waals surface area contributed by atoms with Crippen molar-refractivity contribution < 1.29 is 23.1 Å². The van der Waals surface area contributed by atoms with Gasteiger partial charge in [0.2, 0.25) is 0 Å². The average Bonchev–Trinajstić information content (AvgIpc) is 3.26. The first-order valence-electron chi connectivity index (χ1n) is 9.02.